The van der Waals surface area contributed by atoms with Crippen molar-refractivity contribution >= 4 is 33.5 Å². The third-order valence-electron chi connectivity index (χ3n) is 4.49. The second-order valence-electron chi connectivity index (χ2n) is 6.83. The highest BCUT2D eigenvalue weighted by Crippen LogP contribution is 2.26. The van der Waals surface area contributed by atoms with Gasteiger partial charge in [-0.05, 0) is 61.4 Å². The van der Waals surface area contributed by atoms with Gasteiger partial charge in [0.25, 0.3) is 0 Å². The van der Waals surface area contributed by atoms with Crippen LogP contribution in [0.5, 0.6) is 5.75 Å². The van der Waals surface area contributed by atoms with E-state index >= 15 is 0 Å². The van der Waals surface area contributed by atoms with E-state index < -0.39 is 0 Å². The van der Waals surface area contributed by atoms with Crippen molar-refractivity contribution in [1.29, 1.82) is 0 Å². The standard InChI is InChI=1S/C23H28N2OS/c1-3-4-5-6-7-8-15-26-21-12-9-19(10-13-21)17-24-20-11-14-22-23(16-20)27-18(2)25-22/h9-14,16-17H,3-8,15H2,1-2H3. The minimum absolute atomic E-state index is 0.799. The van der Waals surface area contributed by atoms with Gasteiger partial charge in [-0.15, -0.1) is 11.3 Å². The molecule has 3 aromatic rings. The molecule has 0 N–H and O–H groups in total. The molecule has 0 aliphatic heterocycles. The minimum Gasteiger partial charge on any atom is -0.494 e. The van der Waals surface area contributed by atoms with Crippen LogP contribution in [0, 0.1) is 6.92 Å². The SMILES string of the molecule is CCCCCCCCOc1ccc(C=Nc2ccc3nc(C)sc3c2)cc1. The molecule has 2 aromatic carbocycles. The third kappa shape index (κ3) is 6.17. The quantitative estimate of drug-likeness (QED) is 0.278. The number of hydrogen-bond donors (Lipinski definition) is 0. The van der Waals surface area contributed by atoms with Crippen LogP contribution < -0.4 is 4.74 Å². The fraction of sp³-hybridized carbons (Fsp3) is 0.391. The number of rotatable bonds is 10. The maximum atomic E-state index is 5.83. The lowest BCUT2D eigenvalue weighted by molar-refractivity contribution is 0.304. The number of aliphatic imine (C=N–C) groups is 1. The number of aryl methyl sites for hydroxylation is 1. The topological polar surface area (TPSA) is 34.5 Å². The summed E-state index contributed by atoms with van der Waals surface area (Å²) in [6, 6.07) is 14.3. The van der Waals surface area contributed by atoms with Crippen LogP contribution in [-0.2, 0) is 0 Å². The van der Waals surface area contributed by atoms with Gasteiger partial charge < -0.3 is 4.74 Å². The van der Waals surface area contributed by atoms with Crippen molar-refractivity contribution in [2.75, 3.05) is 6.61 Å². The molecule has 0 aliphatic carbocycles. The zero-order chi connectivity index (χ0) is 18.9. The highest BCUT2D eigenvalue weighted by atomic mass is 32.1. The van der Waals surface area contributed by atoms with Crippen LogP contribution in [0.1, 0.15) is 56.0 Å². The molecule has 0 fully saturated rings. The highest BCUT2D eigenvalue weighted by Gasteiger charge is 2.01. The van der Waals surface area contributed by atoms with Crippen molar-refractivity contribution in [3.05, 3.63) is 53.0 Å². The molecule has 27 heavy (non-hydrogen) atoms. The lowest BCUT2D eigenvalue weighted by Gasteiger charge is -2.06. The fourth-order valence-electron chi connectivity index (χ4n) is 2.98. The zero-order valence-corrected chi connectivity index (χ0v) is 17.1. The Morgan fingerprint density at radius 2 is 1.78 bits per heavy atom. The average molecular weight is 381 g/mol. The molecule has 0 saturated heterocycles. The fourth-order valence-corrected chi connectivity index (χ4v) is 3.84. The molecule has 0 radical (unpaired) electrons. The Hall–Kier alpha value is -2.20. The minimum atomic E-state index is 0.799. The molecule has 3 rings (SSSR count). The largest absolute Gasteiger partial charge is 0.494 e. The molecule has 0 atom stereocenters. The molecular weight excluding hydrogens is 352 g/mol. The number of ether oxygens (including phenoxy) is 1. The Labute approximate surface area is 166 Å². The van der Waals surface area contributed by atoms with Crippen LogP contribution in [-0.4, -0.2) is 17.8 Å². The predicted octanol–water partition coefficient (Wildman–Crippen LogP) is 7.09. The first-order valence-corrected chi connectivity index (χ1v) is 10.7. The predicted molar refractivity (Wildman–Crippen MR) is 117 cm³/mol. The number of nitrogens with zero attached hydrogens (tertiary/aromatic N) is 2. The molecule has 3 nitrogen and oxygen atoms in total. The lowest BCUT2D eigenvalue weighted by atomic mass is 10.1. The summed E-state index contributed by atoms with van der Waals surface area (Å²) >= 11 is 1.70. The summed E-state index contributed by atoms with van der Waals surface area (Å²) in [6.07, 6.45) is 9.60. The van der Waals surface area contributed by atoms with E-state index in [1.54, 1.807) is 11.3 Å². The molecule has 0 spiro atoms. The van der Waals surface area contributed by atoms with Gasteiger partial charge in [-0.3, -0.25) is 4.99 Å². The van der Waals surface area contributed by atoms with Gasteiger partial charge in [0, 0.05) is 6.21 Å². The molecule has 0 unspecified atom stereocenters. The Balaban J connectivity index is 1.47. The van der Waals surface area contributed by atoms with Gasteiger partial charge in [-0.25, -0.2) is 4.98 Å². The smallest absolute Gasteiger partial charge is 0.119 e. The van der Waals surface area contributed by atoms with E-state index in [4.69, 9.17) is 4.74 Å². The molecule has 0 saturated carbocycles. The highest BCUT2D eigenvalue weighted by molar-refractivity contribution is 7.18. The van der Waals surface area contributed by atoms with Gasteiger partial charge >= 0.3 is 0 Å². The van der Waals surface area contributed by atoms with Crippen LogP contribution in [0.25, 0.3) is 10.2 Å². The number of fused-ring (bicyclic) bond motifs is 1. The average Bonchev–Trinajstić information content (AvgIpc) is 3.06. The zero-order valence-electron chi connectivity index (χ0n) is 16.3. The van der Waals surface area contributed by atoms with E-state index in [1.807, 2.05) is 37.4 Å². The first-order valence-electron chi connectivity index (χ1n) is 9.89. The van der Waals surface area contributed by atoms with E-state index in [9.17, 15) is 0 Å². The molecule has 0 bridgehead atoms. The van der Waals surface area contributed by atoms with Crippen LogP contribution in [0.15, 0.2) is 47.5 Å². The Bertz CT molecular complexity index is 868. The number of unbranched alkanes of at least 4 members (excludes halogenated alkanes) is 5. The lowest BCUT2D eigenvalue weighted by Crippen LogP contribution is -1.97. The van der Waals surface area contributed by atoms with Gasteiger partial charge in [0.1, 0.15) is 5.75 Å². The first-order chi connectivity index (χ1) is 13.2. The van der Waals surface area contributed by atoms with Gasteiger partial charge in [0.05, 0.1) is 27.5 Å². The van der Waals surface area contributed by atoms with Gasteiger partial charge in [0.2, 0.25) is 0 Å². The maximum absolute atomic E-state index is 5.83. The van der Waals surface area contributed by atoms with E-state index in [-0.39, 0.29) is 0 Å². The van der Waals surface area contributed by atoms with Crippen molar-refractivity contribution in [2.24, 2.45) is 4.99 Å². The molecule has 1 heterocycles. The third-order valence-corrected chi connectivity index (χ3v) is 5.42. The number of aromatic nitrogens is 1. The van der Waals surface area contributed by atoms with Gasteiger partial charge in [0.15, 0.2) is 0 Å². The van der Waals surface area contributed by atoms with Crippen LogP contribution in [0.3, 0.4) is 0 Å². The molecule has 1 aromatic heterocycles. The Morgan fingerprint density at radius 1 is 1.00 bits per heavy atom. The van der Waals surface area contributed by atoms with Crippen molar-refractivity contribution in [1.82, 2.24) is 4.98 Å². The van der Waals surface area contributed by atoms with Gasteiger partial charge in [-0.2, -0.15) is 0 Å². The number of hydrogen-bond acceptors (Lipinski definition) is 4. The first kappa shape index (κ1) is 19.6. The van der Waals surface area contributed by atoms with Crippen LogP contribution in [0.2, 0.25) is 0 Å². The maximum Gasteiger partial charge on any atom is 0.119 e. The van der Waals surface area contributed by atoms with E-state index in [1.165, 1.54) is 36.8 Å². The monoisotopic (exact) mass is 380 g/mol. The van der Waals surface area contributed by atoms with Crippen molar-refractivity contribution < 1.29 is 4.74 Å². The Morgan fingerprint density at radius 3 is 2.59 bits per heavy atom. The summed E-state index contributed by atoms with van der Waals surface area (Å²) in [4.78, 5) is 9.07. The molecule has 0 aliphatic rings. The van der Waals surface area contributed by atoms with E-state index in [2.05, 4.69) is 35.1 Å². The van der Waals surface area contributed by atoms with E-state index in [0.29, 0.717) is 0 Å². The number of thiazole rings is 1. The summed E-state index contributed by atoms with van der Waals surface area (Å²) < 4.78 is 7.01. The summed E-state index contributed by atoms with van der Waals surface area (Å²) in [5, 5.41) is 1.09. The summed E-state index contributed by atoms with van der Waals surface area (Å²) in [7, 11) is 0. The summed E-state index contributed by atoms with van der Waals surface area (Å²) in [5.41, 5.74) is 3.07. The summed E-state index contributed by atoms with van der Waals surface area (Å²) in [5.74, 6) is 0.933. The van der Waals surface area contributed by atoms with Crippen LogP contribution in [0.4, 0.5) is 5.69 Å². The summed E-state index contributed by atoms with van der Waals surface area (Å²) in [6.45, 7) is 5.08. The van der Waals surface area contributed by atoms with Crippen molar-refractivity contribution in [2.45, 2.75) is 52.4 Å². The molecule has 4 heteroatoms. The van der Waals surface area contributed by atoms with E-state index in [0.717, 1.165) is 40.6 Å². The van der Waals surface area contributed by atoms with Crippen molar-refractivity contribution in [3.63, 3.8) is 0 Å². The molecule has 142 valence electrons. The molecular formula is C23H28N2OS. The Kier molecular flexibility index (Phi) is 7.40. The second kappa shape index (κ2) is 10.2. The van der Waals surface area contributed by atoms with Crippen molar-refractivity contribution in [3.8, 4) is 5.75 Å². The normalized spacial score (nSPS) is 11.5. The van der Waals surface area contributed by atoms with Crippen LogP contribution >= 0.6 is 11.3 Å². The van der Waals surface area contributed by atoms with Gasteiger partial charge in [-0.1, -0.05) is 39.0 Å². The second-order valence-corrected chi connectivity index (χ2v) is 8.06. The number of benzene rings is 2. The molecule has 0 amide bonds.